The predicted molar refractivity (Wildman–Crippen MR) is 90.9 cm³/mol. The summed E-state index contributed by atoms with van der Waals surface area (Å²) < 4.78 is 66.0. The maximum absolute atomic E-state index is 14.1. The monoisotopic (exact) mass is 417 g/mol. The number of pyridine rings is 1. The number of aromatic nitrogens is 1. The summed E-state index contributed by atoms with van der Waals surface area (Å²) in [6.07, 6.45) is -3.16. The molecular formula is C18H13ClF5N3O. The summed E-state index contributed by atoms with van der Waals surface area (Å²) in [5.74, 6) is -1.84. The van der Waals surface area contributed by atoms with Crippen molar-refractivity contribution in [3.8, 4) is 0 Å². The van der Waals surface area contributed by atoms with Gasteiger partial charge in [-0.3, -0.25) is 0 Å². The number of carbonyl (C=O) groups excluding carboxylic acids is 1. The minimum absolute atomic E-state index is 0.250. The maximum Gasteiger partial charge on any atom is 0.417 e. The van der Waals surface area contributed by atoms with Gasteiger partial charge in [-0.25, -0.2) is 14.2 Å². The van der Waals surface area contributed by atoms with Gasteiger partial charge in [-0.1, -0.05) is 17.7 Å². The number of nitrogens with zero attached hydrogens (tertiary/aromatic N) is 2. The number of halogens is 6. The van der Waals surface area contributed by atoms with E-state index in [2.05, 4.69) is 10.3 Å². The lowest BCUT2D eigenvalue weighted by Crippen LogP contribution is -2.44. The Balaban J connectivity index is 1.60. The Labute approximate surface area is 161 Å². The highest BCUT2D eigenvalue weighted by molar-refractivity contribution is 6.31. The van der Waals surface area contributed by atoms with Gasteiger partial charge in [0.25, 0.3) is 0 Å². The fourth-order valence-corrected chi connectivity index (χ4v) is 4.18. The minimum atomic E-state index is -4.81. The molecule has 148 valence electrons. The Hall–Kier alpha value is -2.42. The Morgan fingerprint density at radius 1 is 1.21 bits per heavy atom. The van der Waals surface area contributed by atoms with E-state index in [9.17, 15) is 26.7 Å². The first-order chi connectivity index (χ1) is 13.1. The number of alkyl halides is 3. The van der Waals surface area contributed by atoms with E-state index in [1.807, 2.05) is 0 Å². The van der Waals surface area contributed by atoms with E-state index in [-0.39, 0.29) is 18.2 Å². The van der Waals surface area contributed by atoms with Crippen molar-refractivity contribution >= 4 is 23.3 Å². The van der Waals surface area contributed by atoms with Crippen LogP contribution in [0.1, 0.15) is 35.7 Å². The summed E-state index contributed by atoms with van der Waals surface area (Å²) >= 11 is 5.61. The third kappa shape index (κ3) is 3.17. The highest BCUT2D eigenvalue weighted by atomic mass is 35.5. The van der Waals surface area contributed by atoms with Crippen LogP contribution < -0.4 is 5.32 Å². The van der Waals surface area contributed by atoms with Crippen LogP contribution in [0.25, 0.3) is 0 Å². The highest BCUT2D eigenvalue weighted by Gasteiger charge is 2.43. The molecule has 4 nitrogen and oxygen atoms in total. The van der Waals surface area contributed by atoms with Gasteiger partial charge in [-0.2, -0.15) is 17.6 Å². The zero-order chi connectivity index (χ0) is 20.2. The predicted octanol–water partition coefficient (Wildman–Crippen LogP) is 5.33. The summed E-state index contributed by atoms with van der Waals surface area (Å²) in [4.78, 5) is 18.1. The normalized spacial score (nSPS) is 20.9. The van der Waals surface area contributed by atoms with Gasteiger partial charge in [0.15, 0.2) is 0 Å². The van der Waals surface area contributed by atoms with Gasteiger partial charge in [0, 0.05) is 12.5 Å². The average Bonchev–Trinajstić information content (AvgIpc) is 2.92. The second kappa shape index (κ2) is 6.58. The molecule has 0 radical (unpaired) electrons. The molecule has 28 heavy (non-hydrogen) atoms. The van der Waals surface area contributed by atoms with Crippen LogP contribution in [0.4, 0.5) is 32.4 Å². The number of benzene rings is 1. The molecule has 0 spiro atoms. The van der Waals surface area contributed by atoms with E-state index in [0.717, 1.165) is 11.6 Å². The van der Waals surface area contributed by atoms with Crippen LogP contribution in [0.2, 0.25) is 5.02 Å². The largest absolute Gasteiger partial charge is 0.417 e. The van der Waals surface area contributed by atoms with Crippen molar-refractivity contribution in [2.45, 2.75) is 37.5 Å². The fraction of sp³-hybridized carbons (Fsp3) is 0.333. The van der Waals surface area contributed by atoms with E-state index in [0.29, 0.717) is 25.0 Å². The van der Waals surface area contributed by atoms with E-state index in [4.69, 9.17) is 11.6 Å². The van der Waals surface area contributed by atoms with Crippen LogP contribution in [0.15, 0.2) is 24.3 Å². The third-order valence-electron chi connectivity index (χ3n) is 5.10. The lowest BCUT2D eigenvalue weighted by atomic mass is 9.98. The van der Waals surface area contributed by atoms with Crippen LogP contribution in [-0.4, -0.2) is 22.0 Å². The molecule has 1 aromatic heterocycles. The number of anilines is 1. The van der Waals surface area contributed by atoms with Crippen molar-refractivity contribution in [3.05, 3.63) is 57.9 Å². The van der Waals surface area contributed by atoms with Gasteiger partial charge >= 0.3 is 12.2 Å². The molecule has 2 aromatic rings. The van der Waals surface area contributed by atoms with Gasteiger partial charge in [-0.15, -0.1) is 0 Å². The second-order valence-electron chi connectivity index (χ2n) is 6.77. The van der Waals surface area contributed by atoms with Crippen molar-refractivity contribution in [2.75, 3.05) is 5.32 Å². The number of fused-ring (bicyclic) bond motifs is 4. The molecule has 0 aliphatic carbocycles. The first kappa shape index (κ1) is 18.9. The molecule has 2 aliphatic heterocycles. The molecule has 1 aromatic carbocycles. The first-order valence-electron chi connectivity index (χ1n) is 8.46. The molecule has 2 aliphatic rings. The third-order valence-corrected chi connectivity index (χ3v) is 5.42. The molecular weight excluding hydrogens is 405 g/mol. The number of rotatable bonds is 1. The molecule has 10 heteroatoms. The topological polar surface area (TPSA) is 45.2 Å². The molecule has 1 fully saturated rings. The molecule has 0 saturated carbocycles. The number of nitrogens with one attached hydrogen (secondary N) is 1. The van der Waals surface area contributed by atoms with E-state index in [1.165, 1.54) is 11.0 Å². The van der Waals surface area contributed by atoms with Crippen molar-refractivity contribution in [3.63, 3.8) is 0 Å². The van der Waals surface area contributed by atoms with Crippen molar-refractivity contribution < 1.29 is 26.7 Å². The summed E-state index contributed by atoms with van der Waals surface area (Å²) in [6, 6.07) is 2.52. The lowest BCUT2D eigenvalue weighted by Gasteiger charge is -2.35. The zero-order valence-corrected chi connectivity index (χ0v) is 14.9. The van der Waals surface area contributed by atoms with Crippen LogP contribution in [-0.2, 0) is 12.6 Å². The maximum atomic E-state index is 14.1. The van der Waals surface area contributed by atoms with E-state index in [1.54, 1.807) is 6.07 Å². The molecule has 0 unspecified atom stereocenters. The van der Waals surface area contributed by atoms with Crippen molar-refractivity contribution in [2.24, 2.45) is 0 Å². The standard InChI is InChI=1S/C18H13ClF5N3O/c19-11-7-14(12(20)6-10(11)18(22,23)24)26-17(28)27-8-1-3-15(27)9-2-4-16(21)25-13(9)5-8/h2,4,6-8,15H,1,3,5H2,(H,26,28)/t8-,15+/m0/s1. The van der Waals surface area contributed by atoms with Crippen LogP contribution in [0, 0.1) is 11.8 Å². The number of hydrogen-bond donors (Lipinski definition) is 1. The van der Waals surface area contributed by atoms with Crippen LogP contribution in [0.5, 0.6) is 0 Å². The van der Waals surface area contributed by atoms with Gasteiger partial charge < -0.3 is 10.2 Å². The van der Waals surface area contributed by atoms with E-state index >= 15 is 0 Å². The van der Waals surface area contributed by atoms with Crippen molar-refractivity contribution in [1.29, 1.82) is 0 Å². The molecule has 4 rings (SSSR count). The molecule has 1 saturated heterocycles. The molecule has 2 bridgehead atoms. The number of urea groups is 1. The van der Waals surface area contributed by atoms with Gasteiger partial charge in [-0.05, 0) is 36.6 Å². The molecule has 3 heterocycles. The van der Waals surface area contributed by atoms with Crippen LogP contribution in [0.3, 0.4) is 0 Å². The Morgan fingerprint density at radius 2 is 1.96 bits per heavy atom. The summed E-state index contributed by atoms with van der Waals surface area (Å²) in [5, 5.41) is 1.60. The SMILES string of the molecule is O=C(Nc1cc(Cl)c(C(F)(F)F)cc1F)N1[C@H]2CC[C@@H]1c1ccc(F)nc1C2. The first-order valence-corrected chi connectivity index (χ1v) is 8.84. The van der Waals surface area contributed by atoms with E-state index < -0.39 is 40.2 Å². The molecule has 1 N–H and O–H groups in total. The molecule has 2 amide bonds. The van der Waals surface area contributed by atoms with Crippen molar-refractivity contribution in [1.82, 2.24) is 9.88 Å². The zero-order valence-electron chi connectivity index (χ0n) is 14.2. The van der Waals surface area contributed by atoms with Gasteiger partial charge in [0.05, 0.1) is 28.0 Å². The molecule has 2 atom stereocenters. The Morgan fingerprint density at radius 3 is 2.68 bits per heavy atom. The summed E-state index contributed by atoms with van der Waals surface area (Å²) in [5.41, 5.74) is -0.452. The average molecular weight is 418 g/mol. The summed E-state index contributed by atoms with van der Waals surface area (Å²) in [6.45, 7) is 0. The number of hydrogen-bond acceptors (Lipinski definition) is 2. The highest BCUT2D eigenvalue weighted by Crippen LogP contribution is 2.44. The number of carbonyl (C=O) groups is 1. The minimum Gasteiger partial charge on any atom is -0.314 e. The Bertz CT molecular complexity index is 965. The fourth-order valence-electron chi connectivity index (χ4n) is 3.91. The summed E-state index contributed by atoms with van der Waals surface area (Å²) in [7, 11) is 0. The number of amides is 2. The Kier molecular flexibility index (Phi) is 4.45. The van der Waals surface area contributed by atoms with Crippen LogP contribution >= 0.6 is 11.6 Å². The van der Waals surface area contributed by atoms with Gasteiger partial charge in [0.1, 0.15) is 5.82 Å². The quantitative estimate of drug-likeness (QED) is 0.504. The lowest BCUT2D eigenvalue weighted by molar-refractivity contribution is -0.137. The van der Waals surface area contributed by atoms with Gasteiger partial charge in [0.2, 0.25) is 5.95 Å². The second-order valence-corrected chi connectivity index (χ2v) is 7.18. The smallest absolute Gasteiger partial charge is 0.314 e.